The van der Waals surface area contributed by atoms with Gasteiger partial charge in [-0.2, -0.15) is 0 Å². The van der Waals surface area contributed by atoms with Crippen LogP contribution in [-0.2, 0) is 0 Å². The fourth-order valence-corrected chi connectivity index (χ4v) is 2.45. The third-order valence-electron chi connectivity index (χ3n) is 2.90. The summed E-state index contributed by atoms with van der Waals surface area (Å²) in [6, 6.07) is 11.6. The zero-order chi connectivity index (χ0) is 16.2. The van der Waals surface area contributed by atoms with Gasteiger partial charge in [0.2, 0.25) is 0 Å². The highest BCUT2D eigenvalue weighted by Gasteiger charge is 2.13. The van der Waals surface area contributed by atoms with Crippen molar-refractivity contribution in [1.82, 2.24) is 5.16 Å². The summed E-state index contributed by atoms with van der Waals surface area (Å²) in [4.78, 5) is 24.4. The number of carbonyl (C=O) groups is 2. The van der Waals surface area contributed by atoms with Gasteiger partial charge < -0.3 is 14.6 Å². The van der Waals surface area contributed by atoms with Crippen LogP contribution in [0.25, 0.3) is 0 Å². The number of nitrogens with one attached hydrogen (secondary N) is 1. The maximum atomic E-state index is 11.9. The molecular weight excluding hydrogens is 316 g/mol. The molecule has 0 fully saturated rings. The van der Waals surface area contributed by atoms with Crippen LogP contribution in [-0.4, -0.2) is 17.0 Å². The molecule has 23 heavy (non-hydrogen) atoms. The Balaban J connectivity index is 1.63. The summed E-state index contributed by atoms with van der Waals surface area (Å²) in [5.41, 5.74) is 0.720. The lowest BCUT2D eigenvalue weighted by atomic mass is 10.3. The van der Waals surface area contributed by atoms with Crippen molar-refractivity contribution >= 4 is 28.9 Å². The number of aryl methyl sites for hydroxylation is 1. The Morgan fingerprint density at radius 1 is 1.22 bits per heavy atom. The van der Waals surface area contributed by atoms with Crippen molar-refractivity contribution in [2.75, 3.05) is 5.32 Å². The van der Waals surface area contributed by atoms with Crippen molar-refractivity contribution in [3.8, 4) is 5.75 Å². The number of benzene rings is 1. The number of carbonyl (C=O) groups excluding carboxylic acids is 2. The molecule has 6 nitrogen and oxygen atoms in total. The van der Waals surface area contributed by atoms with Crippen LogP contribution >= 0.6 is 11.3 Å². The Hall–Kier alpha value is -2.93. The zero-order valence-electron chi connectivity index (χ0n) is 12.1. The van der Waals surface area contributed by atoms with Gasteiger partial charge in [0.1, 0.15) is 11.5 Å². The molecule has 2 heterocycles. The number of anilines is 1. The number of thiophene rings is 1. The molecule has 0 saturated carbocycles. The van der Waals surface area contributed by atoms with Gasteiger partial charge in [0, 0.05) is 11.8 Å². The van der Waals surface area contributed by atoms with E-state index >= 15 is 0 Å². The summed E-state index contributed by atoms with van der Waals surface area (Å²) < 4.78 is 10.00. The van der Waals surface area contributed by atoms with E-state index in [0.29, 0.717) is 22.1 Å². The lowest BCUT2D eigenvalue weighted by Crippen LogP contribution is -2.11. The number of rotatable bonds is 4. The molecular formula is C16H12N2O4S. The molecule has 0 aliphatic heterocycles. The first-order valence-electron chi connectivity index (χ1n) is 6.72. The molecule has 1 N–H and O–H groups in total. The molecule has 3 aromatic rings. The standard InChI is InChI=1S/C16H12N2O4S/c1-10-9-13(18-22-10)16(20)21-12-6-4-11(5-7-12)17-15(19)14-3-2-8-23-14/h2-9H,1H3,(H,17,19). The van der Waals surface area contributed by atoms with Gasteiger partial charge in [-0.25, -0.2) is 4.79 Å². The Morgan fingerprint density at radius 3 is 2.61 bits per heavy atom. The molecule has 7 heteroatoms. The molecule has 1 amide bonds. The van der Waals surface area contributed by atoms with Gasteiger partial charge in [0.25, 0.3) is 5.91 Å². The van der Waals surface area contributed by atoms with E-state index in [0.717, 1.165) is 0 Å². The quantitative estimate of drug-likeness (QED) is 0.585. The molecule has 0 aliphatic carbocycles. The molecule has 1 aromatic carbocycles. The van der Waals surface area contributed by atoms with Gasteiger partial charge >= 0.3 is 5.97 Å². The molecule has 0 saturated heterocycles. The largest absolute Gasteiger partial charge is 0.422 e. The molecule has 0 spiro atoms. The minimum Gasteiger partial charge on any atom is -0.422 e. The van der Waals surface area contributed by atoms with E-state index in [-0.39, 0.29) is 11.6 Å². The summed E-state index contributed by atoms with van der Waals surface area (Å²) in [7, 11) is 0. The van der Waals surface area contributed by atoms with Gasteiger partial charge in [-0.3, -0.25) is 4.79 Å². The Morgan fingerprint density at radius 2 is 2.00 bits per heavy atom. The summed E-state index contributed by atoms with van der Waals surface area (Å²) in [6.07, 6.45) is 0. The molecule has 0 radical (unpaired) electrons. The number of esters is 1. The van der Waals surface area contributed by atoms with Crippen LogP contribution in [0.2, 0.25) is 0 Å². The highest BCUT2D eigenvalue weighted by Crippen LogP contribution is 2.18. The van der Waals surface area contributed by atoms with E-state index < -0.39 is 5.97 Å². The van der Waals surface area contributed by atoms with E-state index in [1.54, 1.807) is 37.3 Å². The van der Waals surface area contributed by atoms with Crippen molar-refractivity contribution < 1.29 is 18.8 Å². The SMILES string of the molecule is Cc1cc(C(=O)Oc2ccc(NC(=O)c3cccs3)cc2)no1. The number of hydrogen-bond acceptors (Lipinski definition) is 6. The fraction of sp³-hybridized carbons (Fsp3) is 0.0625. The molecule has 116 valence electrons. The maximum absolute atomic E-state index is 11.9. The second kappa shape index (κ2) is 6.45. The van der Waals surface area contributed by atoms with Crippen LogP contribution in [0.15, 0.2) is 52.4 Å². The zero-order valence-corrected chi connectivity index (χ0v) is 12.9. The van der Waals surface area contributed by atoms with Crippen LogP contribution in [0.1, 0.15) is 25.9 Å². The van der Waals surface area contributed by atoms with E-state index in [1.165, 1.54) is 17.4 Å². The van der Waals surface area contributed by atoms with E-state index in [1.807, 2.05) is 11.4 Å². The van der Waals surface area contributed by atoms with Crippen LogP contribution in [0, 0.1) is 6.92 Å². The summed E-state index contributed by atoms with van der Waals surface area (Å²) in [5.74, 6) is 0.105. The molecule has 0 aliphatic rings. The van der Waals surface area contributed by atoms with Gasteiger partial charge in [0.05, 0.1) is 4.88 Å². The first-order valence-corrected chi connectivity index (χ1v) is 7.60. The van der Waals surface area contributed by atoms with Crippen LogP contribution < -0.4 is 10.1 Å². The Kier molecular flexibility index (Phi) is 4.20. The van der Waals surface area contributed by atoms with Crippen molar-refractivity contribution in [1.29, 1.82) is 0 Å². The maximum Gasteiger partial charge on any atom is 0.365 e. The molecule has 0 unspecified atom stereocenters. The van der Waals surface area contributed by atoms with Crippen molar-refractivity contribution in [3.63, 3.8) is 0 Å². The third-order valence-corrected chi connectivity index (χ3v) is 3.77. The highest BCUT2D eigenvalue weighted by atomic mass is 32.1. The van der Waals surface area contributed by atoms with Gasteiger partial charge in [0.15, 0.2) is 5.69 Å². The van der Waals surface area contributed by atoms with Gasteiger partial charge in [-0.15, -0.1) is 11.3 Å². The topological polar surface area (TPSA) is 81.4 Å². The minimum absolute atomic E-state index is 0.109. The monoisotopic (exact) mass is 328 g/mol. The molecule has 3 rings (SSSR count). The third kappa shape index (κ3) is 3.64. The van der Waals surface area contributed by atoms with Gasteiger partial charge in [-0.1, -0.05) is 11.2 Å². The summed E-state index contributed by atoms with van der Waals surface area (Å²) >= 11 is 1.36. The summed E-state index contributed by atoms with van der Waals surface area (Å²) in [6.45, 7) is 1.69. The number of nitrogens with zero attached hydrogens (tertiary/aromatic N) is 1. The lowest BCUT2D eigenvalue weighted by molar-refractivity contribution is 0.0723. The fourth-order valence-electron chi connectivity index (χ4n) is 1.83. The predicted octanol–water partition coefficient (Wildman–Crippen LogP) is 3.52. The van der Waals surface area contributed by atoms with Crippen molar-refractivity contribution in [2.24, 2.45) is 0 Å². The summed E-state index contributed by atoms with van der Waals surface area (Å²) in [5, 5.41) is 8.19. The predicted molar refractivity (Wildman–Crippen MR) is 84.9 cm³/mol. The lowest BCUT2D eigenvalue weighted by Gasteiger charge is -2.05. The second-order valence-electron chi connectivity index (χ2n) is 4.67. The van der Waals surface area contributed by atoms with E-state index in [9.17, 15) is 9.59 Å². The van der Waals surface area contributed by atoms with Gasteiger partial charge in [-0.05, 0) is 42.6 Å². The Bertz CT molecular complexity index is 822. The molecule has 0 bridgehead atoms. The highest BCUT2D eigenvalue weighted by molar-refractivity contribution is 7.12. The van der Waals surface area contributed by atoms with Crippen LogP contribution in [0.4, 0.5) is 5.69 Å². The average molecular weight is 328 g/mol. The van der Waals surface area contributed by atoms with Crippen LogP contribution in [0.3, 0.4) is 0 Å². The number of hydrogen-bond donors (Lipinski definition) is 1. The minimum atomic E-state index is -0.600. The smallest absolute Gasteiger partial charge is 0.365 e. The number of amides is 1. The van der Waals surface area contributed by atoms with E-state index in [4.69, 9.17) is 9.26 Å². The van der Waals surface area contributed by atoms with Crippen molar-refractivity contribution in [2.45, 2.75) is 6.92 Å². The second-order valence-corrected chi connectivity index (χ2v) is 5.62. The van der Waals surface area contributed by atoms with E-state index in [2.05, 4.69) is 10.5 Å². The number of aromatic nitrogens is 1. The van der Waals surface area contributed by atoms with Crippen molar-refractivity contribution in [3.05, 3.63) is 64.2 Å². The first-order chi connectivity index (χ1) is 11.1. The molecule has 2 aromatic heterocycles. The number of ether oxygens (including phenoxy) is 1. The molecule has 0 atom stereocenters. The normalized spacial score (nSPS) is 10.3. The first kappa shape index (κ1) is 15.0. The average Bonchev–Trinajstić information content (AvgIpc) is 3.20. The Labute approximate surface area is 135 Å². The van der Waals surface area contributed by atoms with Crippen LogP contribution in [0.5, 0.6) is 5.75 Å².